The maximum atomic E-state index is 12.9. The lowest BCUT2D eigenvalue weighted by atomic mass is 10.2. The minimum atomic E-state index is -1.37. The van der Waals surface area contributed by atoms with Gasteiger partial charge in [-0.25, -0.2) is 13.8 Å². The molecule has 1 unspecified atom stereocenters. The van der Waals surface area contributed by atoms with Crippen LogP contribution in [-0.2, 0) is 0 Å². The second kappa shape index (κ2) is 3.57. The minimum absolute atomic E-state index is 0.353. The van der Waals surface area contributed by atoms with Crippen molar-refractivity contribution in [1.29, 1.82) is 0 Å². The highest BCUT2D eigenvalue weighted by Gasteiger charge is 2.14. The van der Waals surface area contributed by atoms with Crippen LogP contribution in [0.4, 0.5) is 13.2 Å². The number of nitrogens with two attached hydrogens (primary N) is 1. The standard InChI is InChI=1S/C8H7F3N2/c1-2-6(12)7-4(9)3-5(10)8(11)13-7/h2-3,6H,1,12H2. The number of nitrogens with zero attached hydrogens (tertiary/aromatic N) is 1. The molecule has 0 aliphatic heterocycles. The molecule has 70 valence electrons. The van der Waals surface area contributed by atoms with Crippen LogP contribution >= 0.6 is 0 Å². The number of halogens is 3. The van der Waals surface area contributed by atoms with Crippen LogP contribution < -0.4 is 5.73 Å². The van der Waals surface area contributed by atoms with Gasteiger partial charge in [0.2, 0.25) is 5.95 Å². The van der Waals surface area contributed by atoms with E-state index in [0.29, 0.717) is 6.07 Å². The molecule has 2 N–H and O–H groups in total. The molecule has 1 rings (SSSR count). The van der Waals surface area contributed by atoms with Crippen molar-refractivity contribution in [1.82, 2.24) is 4.98 Å². The lowest BCUT2D eigenvalue weighted by Gasteiger charge is -2.06. The summed E-state index contributed by atoms with van der Waals surface area (Å²) < 4.78 is 37.8. The highest BCUT2D eigenvalue weighted by molar-refractivity contribution is 5.16. The smallest absolute Gasteiger partial charge is 0.249 e. The summed E-state index contributed by atoms with van der Waals surface area (Å²) in [5.41, 5.74) is 4.95. The summed E-state index contributed by atoms with van der Waals surface area (Å²) in [6, 6.07) is -0.531. The Hall–Kier alpha value is -1.36. The SMILES string of the molecule is C=CC(N)c1nc(F)c(F)cc1F. The van der Waals surface area contributed by atoms with Crippen molar-refractivity contribution >= 4 is 0 Å². The monoisotopic (exact) mass is 188 g/mol. The molecule has 0 aromatic carbocycles. The van der Waals surface area contributed by atoms with E-state index in [1.54, 1.807) is 0 Å². The zero-order chi connectivity index (χ0) is 10.0. The van der Waals surface area contributed by atoms with Crippen LogP contribution in [0.5, 0.6) is 0 Å². The molecule has 1 heterocycles. The Balaban J connectivity index is 3.22. The van der Waals surface area contributed by atoms with Gasteiger partial charge in [-0.05, 0) is 0 Å². The fraction of sp³-hybridized carbons (Fsp3) is 0.125. The van der Waals surface area contributed by atoms with Gasteiger partial charge in [0, 0.05) is 6.07 Å². The minimum Gasteiger partial charge on any atom is -0.319 e. The molecular formula is C8H7F3N2. The van der Waals surface area contributed by atoms with Gasteiger partial charge in [-0.3, -0.25) is 0 Å². The van der Waals surface area contributed by atoms with E-state index in [0.717, 1.165) is 0 Å². The normalized spacial score (nSPS) is 12.6. The number of hydrogen-bond acceptors (Lipinski definition) is 2. The van der Waals surface area contributed by atoms with E-state index in [-0.39, 0.29) is 5.69 Å². The van der Waals surface area contributed by atoms with Gasteiger partial charge in [0.05, 0.1) is 6.04 Å². The highest BCUT2D eigenvalue weighted by atomic mass is 19.2. The summed E-state index contributed by atoms with van der Waals surface area (Å²) in [5.74, 6) is -3.68. The van der Waals surface area contributed by atoms with Crippen molar-refractivity contribution in [2.45, 2.75) is 6.04 Å². The quantitative estimate of drug-likeness (QED) is 0.566. The molecule has 0 fully saturated rings. The number of pyridine rings is 1. The van der Waals surface area contributed by atoms with Crippen LogP contribution in [0, 0.1) is 17.6 Å². The van der Waals surface area contributed by atoms with Crippen molar-refractivity contribution in [3.05, 3.63) is 42.0 Å². The molecule has 0 aliphatic carbocycles. The van der Waals surface area contributed by atoms with E-state index >= 15 is 0 Å². The first kappa shape index (κ1) is 9.73. The zero-order valence-electron chi connectivity index (χ0n) is 6.60. The predicted octanol–water partition coefficient (Wildman–Crippen LogP) is 1.68. The molecule has 1 aromatic rings. The van der Waals surface area contributed by atoms with Crippen LogP contribution in [-0.4, -0.2) is 4.98 Å². The van der Waals surface area contributed by atoms with Gasteiger partial charge in [0.25, 0.3) is 0 Å². The molecule has 1 atom stereocenters. The van der Waals surface area contributed by atoms with Gasteiger partial charge in [-0.15, -0.1) is 6.58 Å². The van der Waals surface area contributed by atoms with Crippen molar-refractivity contribution in [2.24, 2.45) is 5.73 Å². The Morgan fingerprint density at radius 1 is 1.38 bits per heavy atom. The Kier molecular flexibility index (Phi) is 2.67. The zero-order valence-corrected chi connectivity index (χ0v) is 6.60. The summed E-state index contributed by atoms with van der Waals surface area (Å²) >= 11 is 0. The second-order valence-electron chi connectivity index (χ2n) is 2.39. The third-order valence-corrected chi connectivity index (χ3v) is 1.48. The molecule has 5 heteroatoms. The molecule has 0 aliphatic rings. The lowest BCUT2D eigenvalue weighted by molar-refractivity contribution is 0.453. The highest BCUT2D eigenvalue weighted by Crippen LogP contribution is 2.15. The third-order valence-electron chi connectivity index (χ3n) is 1.48. The fourth-order valence-corrected chi connectivity index (χ4v) is 0.803. The lowest BCUT2D eigenvalue weighted by Crippen LogP contribution is -2.13. The van der Waals surface area contributed by atoms with Crippen LogP contribution in [0.2, 0.25) is 0 Å². The van der Waals surface area contributed by atoms with Crippen LogP contribution in [0.15, 0.2) is 18.7 Å². The molecule has 13 heavy (non-hydrogen) atoms. The average Bonchev–Trinajstić information content (AvgIpc) is 2.10. The van der Waals surface area contributed by atoms with Gasteiger partial charge in [0.15, 0.2) is 5.82 Å². The van der Waals surface area contributed by atoms with E-state index < -0.39 is 23.6 Å². The molecular weight excluding hydrogens is 181 g/mol. The molecule has 2 nitrogen and oxygen atoms in total. The molecule has 0 saturated heterocycles. The Morgan fingerprint density at radius 3 is 2.54 bits per heavy atom. The average molecular weight is 188 g/mol. The Labute approximate surface area is 72.9 Å². The number of hydrogen-bond donors (Lipinski definition) is 1. The summed E-state index contributed by atoms with van der Waals surface area (Å²) in [6.07, 6.45) is 1.18. The second-order valence-corrected chi connectivity index (χ2v) is 2.39. The molecule has 0 bridgehead atoms. The Morgan fingerprint density at radius 2 is 2.00 bits per heavy atom. The molecule has 0 saturated carbocycles. The number of aromatic nitrogens is 1. The van der Waals surface area contributed by atoms with Crippen molar-refractivity contribution in [3.63, 3.8) is 0 Å². The van der Waals surface area contributed by atoms with E-state index in [1.165, 1.54) is 6.08 Å². The van der Waals surface area contributed by atoms with Crippen molar-refractivity contribution in [2.75, 3.05) is 0 Å². The van der Waals surface area contributed by atoms with E-state index in [2.05, 4.69) is 11.6 Å². The fourth-order valence-electron chi connectivity index (χ4n) is 0.803. The predicted molar refractivity (Wildman–Crippen MR) is 41.2 cm³/mol. The van der Waals surface area contributed by atoms with Crippen molar-refractivity contribution in [3.8, 4) is 0 Å². The molecule has 1 aromatic heterocycles. The maximum absolute atomic E-state index is 12.9. The third kappa shape index (κ3) is 1.86. The van der Waals surface area contributed by atoms with Gasteiger partial charge < -0.3 is 5.73 Å². The van der Waals surface area contributed by atoms with Gasteiger partial charge in [-0.2, -0.15) is 4.39 Å². The molecule has 0 amide bonds. The van der Waals surface area contributed by atoms with Gasteiger partial charge >= 0.3 is 0 Å². The van der Waals surface area contributed by atoms with E-state index in [4.69, 9.17) is 5.73 Å². The number of rotatable bonds is 2. The van der Waals surface area contributed by atoms with Crippen molar-refractivity contribution < 1.29 is 13.2 Å². The molecule has 0 spiro atoms. The summed E-state index contributed by atoms with van der Waals surface area (Å²) in [5, 5.41) is 0. The topological polar surface area (TPSA) is 38.9 Å². The first-order valence-corrected chi connectivity index (χ1v) is 3.46. The van der Waals surface area contributed by atoms with E-state index in [9.17, 15) is 13.2 Å². The summed E-state index contributed by atoms with van der Waals surface area (Å²) in [7, 11) is 0. The van der Waals surface area contributed by atoms with Crippen LogP contribution in [0.1, 0.15) is 11.7 Å². The summed E-state index contributed by atoms with van der Waals surface area (Å²) in [4.78, 5) is 3.03. The maximum Gasteiger partial charge on any atom is 0.249 e. The van der Waals surface area contributed by atoms with Crippen LogP contribution in [0.25, 0.3) is 0 Å². The van der Waals surface area contributed by atoms with Crippen LogP contribution in [0.3, 0.4) is 0 Å². The summed E-state index contributed by atoms with van der Waals surface area (Å²) in [6.45, 7) is 3.28. The Bertz CT molecular complexity index is 338. The largest absolute Gasteiger partial charge is 0.319 e. The molecule has 0 radical (unpaired) electrons. The first-order chi connectivity index (χ1) is 6.06. The van der Waals surface area contributed by atoms with Gasteiger partial charge in [0.1, 0.15) is 11.5 Å². The van der Waals surface area contributed by atoms with Gasteiger partial charge in [-0.1, -0.05) is 6.08 Å². The van der Waals surface area contributed by atoms with E-state index in [1.807, 2.05) is 0 Å². The first-order valence-electron chi connectivity index (χ1n) is 3.46.